The van der Waals surface area contributed by atoms with Gasteiger partial charge in [0.2, 0.25) is 6.71 Å². The summed E-state index contributed by atoms with van der Waals surface area (Å²) in [4.78, 5) is 2.33. The third-order valence-electron chi connectivity index (χ3n) is 11.6. The van der Waals surface area contributed by atoms with Gasteiger partial charge in [-0.2, -0.15) is 0 Å². The van der Waals surface area contributed by atoms with E-state index in [4.69, 9.17) is 0 Å². The van der Waals surface area contributed by atoms with Gasteiger partial charge in [0, 0.05) is 17.1 Å². The van der Waals surface area contributed by atoms with E-state index in [-0.39, 0.29) is 6.71 Å². The van der Waals surface area contributed by atoms with Gasteiger partial charge in [0.15, 0.2) is 0 Å². The maximum Gasteiger partial charge on any atom is 0.243 e. The SMILES string of the molecule is c1ccc(N(c2ccccc2)c2ccc(-c3cc4c5c(c3)C3(c6ccccc6B5c5ccccc5-4)c4ccccc4-c4ccccc43)cc2)cc1. The van der Waals surface area contributed by atoms with Crippen LogP contribution >= 0.6 is 0 Å². The molecule has 2 aliphatic heterocycles. The molecule has 0 amide bonds. The lowest BCUT2D eigenvalue weighted by atomic mass is 9.32. The lowest BCUT2D eigenvalue weighted by molar-refractivity contribution is 0.776. The average molecular weight is 646 g/mol. The van der Waals surface area contributed by atoms with E-state index in [1.807, 2.05) is 0 Å². The van der Waals surface area contributed by atoms with Crippen LogP contribution in [0, 0.1) is 0 Å². The molecule has 8 aromatic rings. The highest BCUT2D eigenvalue weighted by Gasteiger charge is 2.54. The summed E-state index contributed by atoms with van der Waals surface area (Å²) in [5.74, 6) is 0. The summed E-state index contributed by atoms with van der Waals surface area (Å²) in [6, 6.07) is 72.0. The number of hydrogen-bond acceptors (Lipinski definition) is 1. The Labute approximate surface area is 299 Å². The van der Waals surface area contributed by atoms with Crippen molar-refractivity contribution in [1.82, 2.24) is 0 Å². The Morgan fingerprint density at radius 3 is 1.45 bits per heavy atom. The van der Waals surface area contributed by atoms with Crippen LogP contribution in [0.3, 0.4) is 0 Å². The average Bonchev–Trinajstić information content (AvgIpc) is 3.70. The Hall–Kier alpha value is -6.38. The van der Waals surface area contributed by atoms with Crippen LogP contribution in [0.5, 0.6) is 0 Å². The second-order valence-electron chi connectivity index (χ2n) is 14.0. The Bertz CT molecular complexity index is 2560. The zero-order valence-corrected chi connectivity index (χ0v) is 28.0. The molecule has 1 aliphatic carbocycles. The van der Waals surface area contributed by atoms with Crippen LogP contribution in [0.25, 0.3) is 33.4 Å². The molecule has 0 saturated carbocycles. The number of fused-ring (bicyclic) bond motifs is 12. The van der Waals surface area contributed by atoms with Crippen LogP contribution in [-0.4, -0.2) is 6.71 Å². The molecule has 0 N–H and O–H groups in total. The second-order valence-corrected chi connectivity index (χ2v) is 14.0. The van der Waals surface area contributed by atoms with Crippen LogP contribution in [-0.2, 0) is 5.41 Å². The molecule has 0 bridgehead atoms. The van der Waals surface area contributed by atoms with Gasteiger partial charge in [0.05, 0.1) is 5.41 Å². The van der Waals surface area contributed by atoms with E-state index in [9.17, 15) is 0 Å². The van der Waals surface area contributed by atoms with E-state index in [0.717, 1.165) is 17.1 Å². The van der Waals surface area contributed by atoms with Gasteiger partial charge in [-0.1, -0.05) is 168 Å². The molecule has 51 heavy (non-hydrogen) atoms. The van der Waals surface area contributed by atoms with Crippen molar-refractivity contribution >= 4 is 40.2 Å². The van der Waals surface area contributed by atoms with E-state index < -0.39 is 5.41 Å². The quantitative estimate of drug-likeness (QED) is 0.172. The maximum atomic E-state index is 2.54. The fraction of sp³-hybridized carbons (Fsp3) is 0.0204. The van der Waals surface area contributed by atoms with Gasteiger partial charge < -0.3 is 4.90 Å². The minimum atomic E-state index is -0.417. The molecule has 0 fully saturated rings. The van der Waals surface area contributed by atoms with Gasteiger partial charge >= 0.3 is 0 Å². The molecule has 0 radical (unpaired) electrons. The van der Waals surface area contributed by atoms with Crippen molar-refractivity contribution < 1.29 is 0 Å². The summed E-state index contributed by atoms with van der Waals surface area (Å²) >= 11 is 0. The van der Waals surface area contributed by atoms with Crippen molar-refractivity contribution in [2.75, 3.05) is 4.90 Å². The molecule has 1 nitrogen and oxygen atoms in total. The minimum Gasteiger partial charge on any atom is -0.311 e. The Balaban J connectivity index is 1.17. The zero-order valence-electron chi connectivity index (χ0n) is 28.0. The fourth-order valence-electron chi connectivity index (χ4n) is 9.59. The third kappa shape index (κ3) is 3.88. The molecule has 2 heterocycles. The second kappa shape index (κ2) is 10.8. The molecule has 0 atom stereocenters. The smallest absolute Gasteiger partial charge is 0.243 e. The summed E-state index contributed by atoms with van der Waals surface area (Å²) < 4.78 is 0. The molecule has 0 unspecified atom stereocenters. The van der Waals surface area contributed by atoms with Crippen molar-refractivity contribution in [3.05, 3.63) is 216 Å². The first-order valence-electron chi connectivity index (χ1n) is 17.9. The number of anilines is 3. The molecule has 8 aromatic carbocycles. The fourth-order valence-corrected chi connectivity index (χ4v) is 9.59. The van der Waals surface area contributed by atoms with Crippen LogP contribution < -0.4 is 21.3 Å². The summed E-state index contributed by atoms with van der Waals surface area (Å²) in [5, 5.41) is 0. The number of hydrogen-bond donors (Lipinski definition) is 0. The summed E-state index contributed by atoms with van der Waals surface area (Å²) in [7, 11) is 0. The first kappa shape index (κ1) is 28.5. The summed E-state index contributed by atoms with van der Waals surface area (Å²) in [6.07, 6.45) is 0. The van der Waals surface area contributed by atoms with Gasteiger partial charge in [-0.3, -0.25) is 0 Å². The van der Waals surface area contributed by atoms with Crippen molar-refractivity contribution in [1.29, 1.82) is 0 Å². The first-order chi connectivity index (χ1) is 25.3. The molecule has 0 aromatic heterocycles. The monoisotopic (exact) mass is 645 g/mol. The molecule has 11 rings (SSSR count). The van der Waals surface area contributed by atoms with Gasteiger partial charge in [-0.25, -0.2) is 0 Å². The van der Waals surface area contributed by atoms with E-state index in [2.05, 4.69) is 199 Å². The number of benzene rings is 8. The predicted molar refractivity (Wildman–Crippen MR) is 214 cm³/mol. The van der Waals surface area contributed by atoms with Crippen LogP contribution in [0.1, 0.15) is 22.3 Å². The van der Waals surface area contributed by atoms with E-state index in [1.165, 1.54) is 72.0 Å². The maximum absolute atomic E-state index is 2.54. The lowest BCUT2D eigenvalue weighted by Crippen LogP contribution is -2.59. The highest BCUT2D eigenvalue weighted by atomic mass is 15.1. The minimum absolute atomic E-state index is 0.203. The zero-order chi connectivity index (χ0) is 33.5. The molecule has 2 heteroatoms. The third-order valence-corrected chi connectivity index (χ3v) is 11.6. The van der Waals surface area contributed by atoms with Crippen molar-refractivity contribution in [3.8, 4) is 33.4 Å². The molecular weight excluding hydrogens is 613 g/mol. The topological polar surface area (TPSA) is 3.24 Å². The van der Waals surface area contributed by atoms with Gasteiger partial charge in [-0.15, -0.1) is 0 Å². The standard InChI is InChI=1S/C49H32BN/c1-3-15-35(16-4-1)51(36-17-5-2-6-18-36)37-29-27-33(28-30-37)34-31-41-40-21-9-13-25-46(40)50-47-26-14-12-24-44(47)49(45(32-34)48(41)50)42-22-10-7-19-38(42)39-20-8-11-23-43(39)49/h1-32H. The molecule has 1 spiro atoms. The van der Waals surface area contributed by atoms with E-state index in [1.54, 1.807) is 0 Å². The van der Waals surface area contributed by atoms with Gasteiger partial charge in [0.1, 0.15) is 0 Å². The number of rotatable bonds is 4. The largest absolute Gasteiger partial charge is 0.311 e. The Kier molecular flexibility index (Phi) is 6.03. The normalized spacial score (nSPS) is 13.6. The molecule has 236 valence electrons. The summed E-state index contributed by atoms with van der Waals surface area (Å²) in [6.45, 7) is 0.203. The van der Waals surface area contributed by atoms with Crippen molar-refractivity contribution in [3.63, 3.8) is 0 Å². The number of nitrogens with zero attached hydrogens (tertiary/aromatic N) is 1. The Morgan fingerprint density at radius 2 is 0.824 bits per heavy atom. The van der Waals surface area contributed by atoms with E-state index >= 15 is 0 Å². The molecular formula is C49H32BN. The first-order valence-corrected chi connectivity index (χ1v) is 17.9. The van der Waals surface area contributed by atoms with Crippen molar-refractivity contribution in [2.45, 2.75) is 5.41 Å². The number of para-hydroxylation sites is 2. The highest BCUT2D eigenvalue weighted by Crippen LogP contribution is 2.57. The highest BCUT2D eigenvalue weighted by molar-refractivity contribution is 7.00. The van der Waals surface area contributed by atoms with E-state index in [0.29, 0.717) is 0 Å². The summed E-state index contributed by atoms with van der Waals surface area (Å²) in [5.41, 5.74) is 20.7. The lowest BCUT2D eigenvalue weighted by Gasteiger charge is -2.42. The molecule has 0 saturated heterocycles. The van der Waals surface area contributed by atoms with Crippen LogP contribution in [0.4, 0.5) is 17.1 Å². The predicted octanol–water partition coefficient (Wildman–Crippen LogP) is 10.00. The van der Waals surface area contributed by atoms with Crippen LogP contribution in [0.2, 0.25) is 0 Å². The molecule has 3 aliphatic rings. The van der Waals surface area contributed by atoms with Crippen LogP contribution in [0.15, 0.2) is 194 Å². The van der Waals surface area contributed by atoms with Gasteiger partial charge in [0.25, 0.3) is 0 Å². The van der Waals surface area contributed by atoms with Gasteiger partial charge in [-0.05, 0) is 98.1 Å². The Morgan fingerprint density at radius 1 is 0.333 bits per heavy atom. The van der Waals surface area contributed by atoms with Crippen molar-refractivity contribution in [2.24, 2.45) is 0 Å².